The van der Waals surface area contributed by atoms with E-state index in [1.165, 1.54) is 0 Å². The van der Waals surface area contributed by atoms with E-state index in [-0.39, 0.29) is 6.16 Å². The SMILES string of the molecule is N[C@@H](C[P+](=O)CO)C(=O)O. The zero-order valence-electron chi connectivity index (χ0n) is 5.23. The maximum atomic E-state index is 10.5. The van der Waals surface area contributed by atoms with Crippen molar-refractivity contribution in [2.24, 2.45) is 5.73 Å². The van der Waals surface area contributed by atoms with Crippen molar-refractivity contribution in [3.8, 4) is 0 Å². The van der Waals surface area contributed by atoms with Crippen molar-refractivity contribution in [2.45, 2.75) is 6.04 Å². The Hall–Kier alpha value is -0.510. The third-order valence-corrected chi connectivity index (χ3v) is 1.99. The zero-order chi connectivity index (χ0) is 8.15. The van der Waals surface area contributed by atoms with Crippen molar-refractivity contribution < 1.29 is 19.6 Å². The van der Waals surface area contributed by atoms with Gasteiger partial charge in [0.25, 0.3) is 0 Å². The Labute approximate surface area is 58.6 Å². The molecule has 58 valence electrons. The van der Waals surface area contributed by atoms with Crippen molar-refractivity contribution in [2.75, 3.05) is 12.5 Å². The normalized spacial score (nSPS) is 14.4. The third-order valence-electron chi connectivity index (χ3n) is 0.875. The first-order chi connectivity index (χ1) is 4.57. The van der Waals surface area contributed by atoms with Gasteiger partial charge in [-0.05, 0) is 0 Å². The van der Waals surface area contributed by atoms with Crippen LogP contribution in [0.25, 0.3) is 0 Å². The van der Waals surface area contributed by atoms with E-state index in [9.17, 15) is 9.36 Å². The van der Waals surface area contributed by atoms with Gasteiger partial charge in [0, 0.05) is 0 Å². The molecule has 2 atom stereocenters. The van der Waals surface area contributed by atoms with Crippen molar-refractivity contribution in [1.82, 2.24) is 0 Å². The van der Waals surface area contributed by atoms with Crippen LogP contribution in [0.4, 0.5) is 0 Å². The first kappa shape index (κ1) is 9.49. The van der Waals surface area contributed by atoms with Crippen molar-refractivity contribution in [3.63, 3.8) is 0 Å². The van der Waals surface area contributed by atoms with Gasteiger partial charge in [0.15, 0.2) is 6.16 Å². The molecule has 1 unspecified atom stereocenters. The van der Waals surface area contributed by atoms with Crippen LogP contribution in [0, 0.1) is 0 Å². The molecule has 0 aromatic carbocycles. The number of rotatable bonds is 4. The van der Waals surface area contributed by atoms with Crippen LogP contribution in [0.3, 0.4) is 0 Å². The predicted octanol–water partition coefficient (Wildman–Crippen LogP) is -0.825. The maximum Gasteiger partial charge on any atom is 0.369 e. The highest BCUT2D eigenvalue weighted by atomic mass is 31.1. The number of aliphatic hydroxyl groups is 1. The number of carboxylic acids is 1. The molecule has 0 aliphatic carbocycles. The van der Waals surface area contributed by atoms with Crippen LogP contribution >= 0.6 is 7.80 Å². The highest BCUT2D eigenvalue weighted by Gasteiger charge is 2.23. The van der Waals surface area contributed by atoms with Crippen LogP contribution in [-0.4, -0.2) is 34.7 Å². The fourth-order valence-electron chi connectivity index (χ4n) is 0.355. The fourth-order valence-corrected chi connectivity index (χ4v) is 1.07. The number of carbonyl (C=O) groups is 1. The van der Waals surface area contributed by atoms with Crippen LogP contribution < -0.4 is 5.73 Å². The van der Waals surface area contributed by atoms with E-state index in [0.29, 0.717) is 0 Å². The highest BCUT2D eigenvalue weighted by Crippen LogP contribution is 2.17. The Morgan fingerprint density at radius 2 is 2.20 bits per heavy atom. The molecule has 0 saturated carbocycles. The summed E-state index contributed by atoms with van der Waals surface area (Å²) in [7, 11) is -1.85. The lowest BCUT2D eigenvalue weighted by molar-refractivity contribution is -0.137. The molecule has 4 N–H and O–H groups in total. The van der Waals surface area contributed by atoms with E-state index < -0.39 is 26.2 Å². The van der Waals surface area contributed by atoms with Crippen LogP contribution in [0.15, 0.2) is 0 Å². The fraction of sp³-hybridized carbons (Fsp3) is 0.750. The number of hydrogen-bond acceptors (Lipinski definition) is 4. The Balaban J connectivity index is 3.68. The van der Waals surface area contributed by atoms with Gasteiger partial charge in [0.05, 0.1) is 0 Å². The monoisotopic (exact) mass is 166 g/mol. The van der Waals surface area contributed by atoms with Crippen molar-refractivity contribution >= 4 is 13.8 Å². The van der Waals surface area contributed by atoms with Crippen molar-refractivity contribution in [1.29, 1.82) is 0 Å². The van der Waals surface area contributed by atoms with Gasteiger partial charge in [-0.3, -0.25) is 4.79 Å². The minimum atomic E-state index is -1.85. The summed E-state index contributed by atoms with van der Waals surface area (Å²) in [6, 6.07) is -1.13. The lowest BCUT2D eigenvalue weighted by Crippen LogP contribution is -2.32. The van der Waals surface area contributed by atoms with Crippen LogP contribution in [-0.2, 0) is 9.36 Å². The van der Waals surface area contributed by atoms with E-state index in [1.807, 2.05) is 0 Å². The van der Waals surface area contributed by atoms with Gasteiger partial charge in [-0.15, -0.1) is 0 Å². The van der Waals surface area contributed by atoms with E-state index >= 15 is 0 Å². The van der Waals surface area contributed by atoms with Gasteiger partial charge in [-0.2, -0.15) is 0 Å². The first-order valence-corrected chi connectivity index (χ1v) is 4.22. The lowest BCUT2D eigenvalue weighted by atomic mass is 10.4. The molecular weight excluding hydrogens is 157 g/mol. The third kappa shape index (κ3) is 3.50. The van der Waals surface area contributed by atoms with Gasteiger partial charge in [0.1, 0.15) is 6.04 Å². The zero-order valence-corrected chi connectivity index (χ0v) is 6.12. The summed E-state index contributed by atoms with van der Waals surface area (Å²) in [5, 5.41) is 16.4. The van der Waals surface area contributed by atoms with Gasteiger partial charge in [-0.25, -0.2) is 0 Å². The molecule has 0 bridgehead atoms. The van der Waals surface area contributed by atoms with Crippen molar-refractivity contribution in [3.05, 3.63) is 0 Å². The van der Waals surface area contributed by atoms with E-state index in [1.54, 1.807) is 0 Å². The molecule has 0 amide bonds. The second-order valence-electron chi connectivity index (χ2n) is 1.75. The van der Waals surface area contributed by atoms with Crippen LogP contribution in [0.2, 0.25) is 0 Å². The molecule has 0 aromatic heterocycles. The predicted molar refractivity (Wildman–Crippen MR) is 35.2 cm³/mol. The number of hydrogen-bond donors (Lipinski definition) is 3. The summed E-state index contributed by atoms with van der Waals surface area (Å²) in [4.78, 5) is 10.0. The molecule has 0 aromatic rings. The van der Waals surface area contributed by atoms with Gasteiger partial charge in [0.2, 0.25) is 6.35 Å². The molecule has 0 aliphatic rings. The molecule has 0 aliphatic heterocycles. The summed E-state index contributed by atoms with van der Waals surface area (Å²) >= 11 is 0. The summed E-state index contributed by atoms with van der Waals surface area (Å²) in [5.74, 6) is -1.20. The lowest BCUT2D eigenvalue weighted by Gasteiger charge is -1.95. The van der Waals surface area contributed by atoms with Gasteiger partial charge in [-0.1, -0.05) is 4.57 Å². The van der Waals surface area contributed by atoms with Gasteiger partial charge >= 0.3 is 13.8 Å². The number of carboxylic acid groups (broad SMARTS) is 1. The average molecular weight is 166 g/mol. The van der Waals surface area contributed by atoms with E-state index in [4.69, 9.17) is 15.9 Å². The molecule has 5 nitrogen and oxygen atoms in total. The Morgan fingerprint density at radius 1 is 1.70 bits per heavy atom. The smallest absolute Gasteiger partial charge is 0.369 e. The largest absolute Gasteiger partial charge is 0.480 e. The molecular formula is C4H9NO4P+. The number of aliphatic hydroxyl groups excluding tert-OH is 1. The molecule has 6 heteroatoms. The molecule has 10 heavy (non-hydrogen) atoms. The minimum absolute atomic E-state index is 0.166. The molecule has 0 fully saturated rings. The Morgan fingerprint density at radius 3 is 2.50 bits per heavy atom. The first-order valence-electron chi connectivity index (χ1n) is 2.59. The van der Waals surface area contributed by atoms with Gasteiger partial charge < -0.3 is 15.9 Å². The molecule has 0 heterocycles. The minimum Gasteiger partial charge on any atom is -0.480 e. The standard InChI is InChI=1S/C4H8NO4P/c5-3(4(7)8)1-10(9)2-6/h3,6H,1-2,5H2/p+1/t3-/m0/s1. The second kappa shape index (κ2) is 4.33. The summed E-state index contributed by atoms with van der Waals surface area (Å²) in [6.45, 7) is 0. The maximum absolute atomic E-state index is 10.5. The quantitative estimate of drug-likeness (QED) is 0.473. The molecule has 0 spiro atoms. The molecule has 0 saturated heterocycles. The molecule has 0 rings (SSSR count). The molecule has 0 radical (unpaired) electrons. The summed E-state index contributed by atoms with van der Waals surface area (Å²) in [6.07, 6.45) is -0.669. The summed E-state index contributed by atoms with van der Waals surface area (Å²) < 4.78 is 10.5. The topological polar surface area (TPSA) is 101 Å². The highest BCUT2D eigenvalue weighted by molar-refractivity contribution is 7.44. The summed E-state index contributed by atoms with van der Waals surface area (Å²) in [5.41, 5.74) is 5.00. The Kier molecular flexibility index (Phi) is 4.11. The number of nitrogens with two attached hydrogens (primary N) is 1. The van der Waals surface area contributed by atoms with Crippen LogP contribution in [0.1, 0.15) is 0 Å². The van der Waals surface area contributed by atoms with Crippen LogP contribution in [0.5, 0.6) is 0 Å². The second-order valence-corrected chi connectivity index (χ2v) is 3.36. The Bertz CT molecular complexity index is 148. The average Bonchev–Trinajstić information content (AvgIpc) is 1.87. The van der Waals surface area contributed by atoms with E-state index in [0.717, 1.165) is 0 Å². The van der Waals surface area contributed by atoms with E-state index in [2.05, 4.69) is 0 Å². The number of aliphatic carboxylic acids is 1.